The van der Waals surface area contributed by atoms with Gasteiger partial charge in [0.25, 0.3) is 0 Å². The minimum absolute atomic E-state index is 0.130. The van der Waals surface area contributed by atoms with Crippen LogP contribution in [0.3, 0.4) is 0 Å². The van der Waals surface area contributed by atoms with Gasteiger partial charge in [0.05, 0.1) is 24.0 Å². The average molecular weight is 246 g/mol. The third-order valence-corrected chi connectivity index (χ3v) is 1.98. The van der Waals surface area contributed by atoms with Crippen LogP contribution in [-0.4, -0.2) is 22.0 Å². The maximum Gasteiger partial charge on any atom is 0.309 e. The second-order valence-corrected chi connectivity index (χ2v) is 3.48. The lowest BCUT2D eigenvalue weighted by molar-refractivity contribution is -0.136. The van der Waals surface area contributed by atoms with Crippen molar-refractivity contribution in [2.24, 2.45) is 0 Å². The van der Waals surface area contributed by atoms with Crippen LogP contribution in [0, 0.1) is 0 Å². The average Bonchev–Trinajstić information content (AvgIpc) is 2.31. The number of nitrogens with one attached hydrogen (secondary N) is 1. The zero-order chi connectivity index (χ0) is 13.4. The second kappa shape index (κ2) is 7.01. The van der Waals surface area contributed by atoms with Crippen LogP contribution in [0.5, 0.6) is 0 Å². The van der Waals surface area contributed by atoms with Gasteiger partial charge in [-0.05, 0) is 19.1 Å². The Kier molecular flexibility index (Phi) is 5.31. The van der Waals surface area contributed by atoms with Gasteiger partial charge in [-0.1, -0.05) is 18.2 Å². The molecule has 1 aromatic rings. The number of hydrogen-bond donors (Lipinski definition) is 2. The molecule has 1 heterocycles. The van der Waals surface area contributed by atoms with E-state index in [0.29, 0.717) is 11.4 Å². The van der Waals surface area contributed by atoms with Crippen molar-refractivity contribution in [3.63, 3.8) is 0 Å². The zero-order valence-electron chi connectivity index (χ0n) is 9.96. The van der Waals surface area contributed by atoms with Crippen molar-refractivity contribution in [2.75, 3.05) is 5.32 Å². The van der Waals surface area contributed by atoms with Crippen LogP contribution in [0.15, 0.2) is 42.6 Å². The SMILES string of the molecule is CC=CC=CC(=O)Nc1ccc(CC(=O)O)nc1. The van der Waals surface area contributed by atoms with Crippen LogP contribution in [0.2, 0.25) is 0 Å². The van der Waals surface area contributed by atoms with Crippen LogP contribution in [0.4, 0.5) is 5.69 Å². The third kappa shape index (κ3) is 5.07. The quantitative estimate of drug-likeness (QED) is 0.613. The van der Waals surface area contributed by atoms with E-state index in [1.807, 2.05) is 13.0 Å². The standard InChI is InChI=1S/C13H14N2O3/c1-2-3-4-5-12(16)15-11-7-6-10(14-9-11)8-13(17)18/h2-7,9H,8H2,1H3,(H,15,16)(H,17,18). The minimum atomic E-state index is -0.937. The molecule has 0 saturated carbocycles. The highest BCUT2D eigenvalue weighted by Gasteiger charge is 2.02. The van der Waals surface area contributed by atoms with Gasteiger partial charge in [0.1, 0.15) is 0 Å². The molecule has 2 N–H and O–H groups in total. The first kappa shape index (κ1) is 13.6. The molecule has 0 aromatic carbocycles. The lowest BCUT2D eigenvalue weighted by Crippen LogP contribution is -2.08. The molecule has 0 bridgehead atoms. The molecule has 0 radical (unpaired) electrons. The van der Waals surface area contributed by atoms with E-state index >= 15 is 0 Å². The molecular weight excluding hydrogens is 232 g/mol. The molecule has 0 fully saturated rings. The summed E-state index contributed by atoms with van der Waals surface area (Å²) in [7, 11) is 0. The monoisotopic (exact) mass is 246 g/mol. The van der Waals surface area contributed by atoms with Crippen molar-refractivity contribution >= 4 is 17.6 Å². The lowest BCUT2D eigenvalue weighted by Gasteiger charge is -2.02. The molecule has 5 heteroatoms. The van der Waals surface area contributed by atoms with E-state index in [0.717, 1.165) is 0 Å². The molecule has 0 unspecified atom stereocenters. The number of anilines is 1. The molecule has 1 aromatic heterocycles. The molecule has 0 aliphatic carbocycles. The van der Waals surface area contributed by atoms with Gasteiger partial charge in [0, 0.05) is 6.08 Å². The Morgan fingerprint density at radius 1 is 1.39 bits per heavy atom. The number of pyridine rings is 1. The molecule has 94 valence electrons. The summed E-state index contributed by atoms with van der Waals surface area (Å²) in [6.45, 7) is 1.85. The lowest BCUT2D eigenvalue weighted by atomic mass is 10.2. The van der Waals surface area contributed by atoms with E-state index in [-0.39, 0.29) is 12.3 Å². The van der Waals surface area contributed by atoms with E-state index in [4.69, 9.17) is 5.11 Å². The Morgan fingerprint density at radius 2 is 2.17 bits per heavy atom. The Balaban J connectivity index is 2.58. The smallest absolute Gasteiger partial charge is 0.309 e. The molecule has 5 nitrogen and oxygen atoms in total. The van der Waals surface area contributed by atoms with Gasteiger partial charge in [-0.15, -0.1) is 0 Å². The number of hydrogen-bond acceptors (Lipinski definition) is 3. The molecule has 0 aliphatic heterocycles. The summed E-state index contributed by atoms with van der Waals surface area (Å²) in [6, 6.07) is 3.19. The van der Waals surface area contributed by atoms with Crippen LogP contribution in [-0.2, 0) is 16.0 Å². The Morgan fingerprint density at radius 3 is 2.72 bits per heavy atom. The molecular formula is C13H14N2O3. The number of carbonyl (C=O) groups is 2. The number of aliphatic carboxylic acids is 1. The highest BCUT2D eigenvalue weighted by atomic mass is 16.4. The first-order valence-electron chi connectivity index (χ1n) is 5.39. The summed E-state index contributed by atoms with van der Waals surface area (Å²) in [5.74, 6) is -1.20. The molecule has 0 atom stereocenters. The van der Waals surface area contributed by atoms with Gasteiger partial charge < -0.3 is 10.4 Å². The normalized spacial score (nSPS) is 10.9. The molecule has 0 spiro atoms. The molecule has 18 heavy (non-hydrogen) atoms. The maximum atomic E-state index is 11.4. The molecule has 0 aliphatic rings. The van der Waals surface area contributed by atoms with E-state index in [9.17, 15) is 9.59 Å². The Hall–Kier alpha value is -2.43. The number of allylic oxidation sites excluding steroid dienone is 3. The largest absolute Gasteiger partial charge is 0.481 e. The molecule has 1 amide bonds. The number of carbonyl (C=O) groups excluding carboxylic acids is 1. The van der Waals surface area contributed by atoms with Crippen molar-refractivity contribution in [1.29, 1.82) is 0 Å². The maximum absolute atomic E-state index is 11.4. The van der Waals surface area contributed by atoms with Gasteiger partial charge >= 0.3 is 5.97 Å². The summed E-state index contributed by atoms with van der Waals surface area (Å²) < 4.78 is 0. The molecule has 1 rings (SSSR count). The topological polar surface area (TPSA) is 79.3 Å². The van der Waals surface area contributed by atoms with E-state index in [2.05, 4.69) is 10.3 Å². The fraction of sp³-hybridized carbons (Fsp3) is 0.154. The Labute approximate surface area is 105 Å². The summed E-state index contributed by atoms with van der Waals surface area (Å²) in [5.41, 5.74) is 0.976. The van der Waals surface area contributed by atoms with Crippen molar-refractivity contribution in [3.8, 4) is 0 Å². The first-order chi connectivity index (χ1) is 8.61. The van der Waals surface area contributed by atoms with Crippen molar-refractivity contribution < 1.29 is 14.7 Å². The molecule has 0 saturated heterocycles. The van der Waals surface area contributed by atoms with Gasteiger partial charge in [-0.3, -0.25) is 14.6 Å². The predicted molar refractivity (Wildman–Crippen MR) is 68.2 cm³/mol. The van der Waals surface area contributed by atoms with E-state index in [1.54, 1.807) is 24.3 Å². The number of amides is 1. The summed E-state index contributed by atoms with van der Waals surface area (Å²) in [5, 5.41) is 11.2. The number of aromatic nitrogens is 1. The highest BCUT2D eigenvalue weighted by Crippen LogP contribution is 2.06. The van der Waals surface area contributed by atoms with Crippen LogP contribution in [0.1, 0.15) is 12.6 Å². The van der Waals surface area contributed by atoms with Gasteiger partial charge in [-0.2, -0.15) is 0 Å². The summed E-state index contributed by atoms with van der Waals surface area (Å²) in [6.07, 6.45) is 7.88. The fourth-order valence-electron chi connectivity index (χ4n) is 1.20. The third-order valence-electron chi connectivity index (χ3n) is 1.98. The number of carboxylic acid groups (broad SMARTS) is 1. The number of rotatable bonds is 5. The van der Waals surface area contributed by atoms with E-state index in [1.165, 1.54) is 12.3 Å². The van der Waals surface area contributed by atoms with Crippen LogP contribution >= 0.6 is 0 Å². The van der Waals surface area contributed by atoms with Crippen molar-refractivity contribution in [1.82, 2.24) is 4.98 Å². The van der Waals surface area contributed by atoms with Crippen molar-refractivity contribution in [2.45, 2.75) is 13.3 Å². The fourth-order valence-corrected chi connectivity index (χ4v) is 1.20. The van der Waals surface area contributed by atoms with Crippen molar-refractivity contribution in [3.05, 3.63) is 48.3 Å². The van der Waals surface area contributed by atoms with Crippen LogP contribution in [0.25, 0.3) is 0 Å². The predicted octanol–water partition coefficient (Wildman–Crippen LogP) is 1.78. The minimum Gasteiger partial charge on any atom is -0.481 e. The highest BCUT2D eigenvalue weighted by molar-refractivity contribution is 5.99. The van der Waals surface area contributed by atoms with Gasteiger partial charge in [0.15, 0.2) is 0 Å². The zero-order valence-corrected chi connectivity index (χ0v) is 9.96. The van der Waals surface area contributed by atoms with E-state index < -0.39 is 5.97 Å². The van der Waals surface area contributed by atoms with Crippen LogP contribution < -0.4 is 5.32 Å². The Bertz CT molecular complexity index is 476. The second-order valence-electron chi connectivity index (χ2n) is 3.48. The number of carboxylic acids is 1. The first-order valence-corrected chi connectivity index (χ1v) is 5.39. The van der Waals surface area contributed by atoms with Gasteiger partial charge in [-0.25, -0.2) is 0 Å². The number of nitrogens with zero attached hydrogens (tertiary/aromatic N) is 1. The summed E-state index contributed by atoms with van der Waals surface area (Å²) >= 11 is 0. The summed E-state index contributed by atoms with van der Waals surface area (Å²) in [4.78, 5) is 25.8. The van der Waals surface area contributed by atoms with Gasteiger partial charge in [0.2, 0.25) is 5.91 Å².